The summed E-state index contributed by atoms with van der Waals surface area (Å²) in [5.41, 5.74) is 0. The Morgan fingerprint density at radius 3 is 2.50 bits per heavy atom. The zero-order valence-corrected chi connectivity index (χ0v) is 17.9. The monoisotopic (exact) mass is 408 g/mol. The Hall–Kier alpha value is -1.15. The van der Waals surface area contributed by atoms with Crippen LogP contribution in [0, 0.1) is 17.8 Å². The minimum Gasteiger partial charge on any atom is -0.497 e. The average Bonchev–Trinajstić information content (AvgIpc) is 3.42. The molecule has 0 amide bonds. The minimum atomic E-state index is -3.50. The second kappa shape index (κ2) is 7.94. The summed E-state index contributed by atoms with van der Waals surface area (Å²) in [5.74, 6) is 2.09. The summed E-state index contributed by atoms with van der Waals surface area (Å²) in [5, 5.41) is 0. The molecule has 1 aromatic carbocycles. The van der Waals surface area contributed by atoms with Gasteiger partial charge in [-0.3, -0.25) is 0 Å². The van der Waals surface area contributed by atoms with Gasteiger partial charge in [0, 0.05) is 31.8 Å². The van der Waals surface area contributed by atoms with Gasteiger partial charge >= 0.3 is 0 Å². The van der Waals surface area contributed by atoms with Crippen molar-refractivity contribution in [2.45, 2.75) is 42.7 Å². The number of nitrogens with zero attached hydrogens (tertiary/aromatic N) is 2. The van der Waals surface area contributed by atoms with Gasteiger partial charge in [0.25, 0.3) is 0 Å². The van der Waals surface area contributed by atoms with E-state index in [1.807, 2.05) is 0 Å². The van der Waals surface area contributed by atoms with Crippen molar-refractivity contribution in [1.29, 1.82) is 0 Å². The number of sulfonamides is 1. The first-order valence-corrected chi connectivity index (χ1v) is 11.7. The molecule has 0 bridgehead atoms. The summed E-state index contributed by atoms with van der Waals surface area (Å²) in [6, 6.07) is 7.13. The Balaban J connectivity index is 1.48. The average molecular weight is 409 g/mol. The van der Waals surface area contributed by atoms with E-state index in [9.17, 15) is 8.42 Å². The highest BCUT2D eigenvalue weighted by Crippen LogP contribution is 2.41. The fraction of sp³-hybridized carbons (Fsp3) is 0.714. The third-order valence-corrected chi connectivity index (χ3v) is 8.46. The summed E-state index contributed by atoms with van der Waals surface area (Å²) in [7, 11) is 2.27. The molecule has 0 N–H and O–H groups in total. The quantitative estimate of drug-likeness (QED) is 0.694. The van der Waals surface area contributed by atoms with Crippen LogP contribution in [0.5, 0.6) is 5.75 Å². The number of methoxy groups -OCH3 is 1. The van der Waals surface area contributed by atoms with Gasteiger partial charge < -0.3 is 14.4 Å². The third-order valence-electron chi connectivity index (χ3n) is 6.64. The van der Waals surface area contributed by atoms with Gasteiger partial charge in [0.1, 0.15) is 5.75 Å². The SMILES string of the molecule is COc1cccc(S(=O)(=O)N2C[C@H]3C[C@@H](N(C)C)[C@H](OCC4CC4)C[C@H]3C2)c1. The number of ether oxygens (including phenoxy) is 2. The third kappa shape index (κ3) is 4.08. The Labute approximate surface area is 168 Å². The number of likely N-dealkylation sites (N-methyl/N-ethyl adjacent to an activating group) is 1. The van der Waals surface area contributed by atoms with Crippen LogP contribution in [-0.2, 0) is 14.8 Å². The fourth-order valence-electron chi connectivity index (χ4n) is 4.72. The van der Waals surface area contributed by atoms with E-state index in [0.29, 0.717) is 41.6 Å². The van der Waals surface area contributed by atoms with Crippen LogP contribution >= 0.6 is 0 Å². The van der Waals surface area contributed by atoms with Crippen LogP contribution in [0.25, 0.3) is 0 Å². The molecule has 0 radical (unpaired) electrons. The van der Waals surface area contributed by atoms with E-state index in [1.165, 1.54) is 12.8 Å². The number of hydrogen-bond acceptors (Lipinski definition) is 5. The van der Waals surface area contributed by atoms with E-state index in [-0.39, 0.29) is 6.10 Å². The molecule has 1 aromatic rings. The normalized spacial score (nSPS) is 31.1. The summed E-state index contributed by atoms with van der Waals surface area (Å²) in [4.78, 5) is 2.57. The van der Waals surface area contributed by atoms with Crippen molar-refractivity contribution in [1.82, 2.24) is 9.21 Å². The number of hydrogen-bond donors (Lipinski definition) is 0. The molecule has 3 fully saturated rings. The van der Waals surface area contributed by atoms with Gasteiger partial charge in [0.05, 0.1) is 18.1 Å². The first-order valence-electron chi connectivity index (χ1n) is 10.3. The molecule has 7 heteroatoms. The molecule has 0 spiro atoms. The minimum absolute atomic E-state index is 0.205. The number of rotatable bonds is 7. The van der Waals surface area contributed by atoms with Crippen LogP contribution < -0.4 is 4.74 Å². The van der Waals surface area contributed by atoms with Gasteiger partial charge in [0.2, 0.25) is 10.0 Å². The van der Waals surface area contributed by atoms with Gasteiger partial charge in [-0.2, -0.15) is 4.31 Å². The van der Waals surface area contributed by atoms with Crippen LogP contribution in [0.3, 0.4) is 0 Å². The van der Waals surface area contributed by atoms with E-state index >= 15 is 0 Å². The van der Waals surface area contributed by atoms with E-state index in [1.54, 1.807) is 35.7 Å². The Morgan fingerprint density at radius 2 is 1.86 bits per heavy atom. The van der Waals surface area contributed by atoms with Crippen LogP contribution in [0.15, 0.2) is 29.2 Å². The van der Waals surface area contributed by atoms with Gasteiger partial charge in [-0.1, -0.05) is 6.07 Å². The Morgan fingerprint density at radius 1 is 1.14 bits per heavy atom. The lowest BCUT2D eigenvalue weighted by atomic mass is 9.77. The summed E-state index contributed by atoms with van der Waals surface area (Å²) in [6.07, 6.45) is 4.73. The predicted octanol–water partition coefficient (Wildman–Crippen LogP) is 2.45. The molecule has 1 heterocycles. The van der Waals surface area contributed by atoms with Crippen LogP contribution in [-0.4, -0.2) is 70.7 Å². The van der Waals surface area contributed by atoms with Crippen molar-refractivity contribution in [3.8, 4) is 5.75 Å². The van der Waals surface area contributed by atoms with E-state index in [2.05, 4.69) is 19.0 Å². The van der Waals surface area contributed by atoms with E-state index in [0.717, 1.165) is 25.4 Å². The number of fused-ring (bicyclic) bond motifs is 1. The first kappa shape index (κ1) is 20.1. The molecule has 4 atom stereocenters. The highest BCUT2D eigenvalue weighted by Gasteiger charge is 2.46. The zero-order chi connectivity index (χ0) is 19.9. The molecule has 2 saturated carbocycles. The maximum Gasteiger partial charge on any atom is 0.243 e. The van der Waals surface area contributed by atoms with Gasteiger partial charge in [-0.15, -0.1) is 0 Å². The summed E-state index contributed by atoms with van der Waals surface area (Å²) < 4.78 is 39.6. The van der Waals surface area contributed by atoms with Crippen molar-refractivity contribution in [2.24, 2.45) is 17.8 Å². The Kier molecular flexibility index (Phi) is 5.71. The van der Waals surface area contributed by atoms with E-state index < -0.39 is 10.0 Å². The molecule has 0 unspecified atom stereocenters. The molecule has 6 nitrogen and oxygen atoms in total. The fourth-order valence-corrected chi connectivity index (χ4v) is 6.31. The standard InChI is InChI=1S/C21H32N2O4S/c1-22(2)20-9-16-12-23(13-17(16)10-21(20)27-14-15-7-8-15)28(24,25)19-6-4-5-18(11-19)26-3/h4-6,11,15-17,20-21H,7-10,12-14H2,1-3H3/t16-,17+,20-,21-/m1/s1. The highest BCUT2D eigenvalue weighted by molar-refractivity contribution is 7.89. The largest absolute Gasteiger partial charge is 0.497 e. The molecule has 1 saturated heterocycles. The Bertz CT molecular complexity index is 793. The lowest BCUT2D eigenvalue weighted by Crippen LogP contribution is -2.48. The lowest BCUT2D eigenvalue weighted by Gasteiger charge is -2.41. The maximum atomic E-state index is 13.2. The van der Waals surface area contributed by atoms with Crippen molar-refractivity contribution < 1.29 is 17.9 Å². The molecule has 28 heavy (non-hydrogen) atoms. The molecule has 0 aromatic heterocycles. The second-order valence-electron chi connectivity index (χ2n) is 8.84. The van der Waals surface area contributed by atoms with Crippen molar-refractivity contribution in [3.63, 3.8) is 0 Å². The summed E-state index contributed by atoms with van der Waals surface area (Å²) in [6.45, 7) is 2.05. The number of benzene rings is 1. The van der Waals surface area contributed by atoms with Crippen molar-refractivity contribution >= 4 is 10.0 Å². The smallest absolute Gasteiger partial charge is 0.243 e. The maximum absolute atomic E-state index is 13.2. The van der Waals surface area contributed by atoms with Crippen molar-refractivity contribution in [3.05, 3.63) is 24.3 Å². The highest BCUT2D eigenvalue weighted by atomic mass is 32.2. The van der Waals surface area contributed by atoms with Gasteiger partial charge in [-0.25, -0.2) is 8.42 Å². The lowest BCUT2D eigenvalue weighted by molar-refractivity contribution is -0.0493. The predicted molar refractivity (Wildman–Crippen MR) is 108 cm³/mol. The van der Waals surface area contributed by atoms with Crippen LogP contribution in [0.2, 0.25) is 0 Å². The van der Waals surface area contributed by atoms with Gasteiger partial charge in [-0.05, 0) is 69.7 Å². The zero-order valence-electron chi connectivity index (χ0n) is 17.1. The molecule has 156 valence electrons. The molecule has 3 aliphatic rings. The molecule has 1 aliphatic heterocycles. The molecule has 2 aliphatic carbocycles. The van der Waals surface area contributed by atoms with Gasteiger partial charge in [0.15, 0.2) is 0 Å². The first-order chi connectivity index (χ1) is 13.4. The molecule has 4 rings (SSSR count). The topological polar surface area (TPSA) is 59.1 Å². The van der Waals surface area contributed by atoms with E-state index in [4.69, 9.17) is 9.47 Å². The molecular weight excluding hydrogens is 376 g/mol. The van der Waals surface area contributed by atoms with Crippen molar-refractivity contribution in [2.75, 3.05) is 40.9 Å². The van der Waals surface area contributed by atoms with Crippen LogP contribution in [0.4, 0.5) is 0 Å². The molecular formula is C21H32N2O4S. The second-order valence-corrected chi connectivity index (χ2v) is 10.8. The summed E-state index contributed by atoms with van der Waals surface area (Å²) >= 11 is 0. The van der Waals surface area contributed by atoms with Crippen LogP contribution in [0.1, 0.15) is 25.7 Å².